The van der Waals surface area contributed by atoms with Crippen molar-refractivity contribution in [2.75, 3.05) is 6.54 Å². The Labute approximate surface area is 202 Å². The Hall–Kier alpha value is -1.55. The molecule has 33 heavy (non-hydrogen) atoms. The van der Waals surface area contributed by atoms with Crippen LogP contribution in [0, 0.1) is 17.8 Å². The molecule has 4 N–H and O–H groups in total. The first-order chi connectivity index (χ1) is 15.6. The number of hydrogen-bond acceptors (Lipinski definition) is 2. The highest BCUT2D eigenvalue weighted by Gasteiger charge is 2.41. The number of fused-ring (bicyclic) bond motifs is 1. The Morgan fingerprint density at radius 3 is 2.55 bits per heavy atom. The van der Waals surface area contributed by atoms with Crippen LogP contribution in [-0.2, 0) is 18.3 Å². The van der Waals surface area contributed by atoms with Crippen molar-refractivity contribution < 1.29 is 0 Å². The summed E-state index contributed by atoms with van der Waals surface area (Å²) in [5.41, 5.74) is 16.6. The monoisotopic (exact) mass is 452 g/mol. The number of nitrogens with zero attached hydrogens (tertiary/aromatic N) is 2. The van der Waals surface area contributed by atoms with E-state index < -0.39 is 0 Å². The average Bonchev–Trinajstić information content (AvgIpc) is 2.74. The number of piperidine rings is 1. The van der Waals surface area contributed by atoms with E-state index in [1.165, 1.54) is 51.5 Å². The molecule has 184 valence electrons. The quantitative estimate of drug-likeness (QED) is 0.464. The molecule has 2 aliphatic carbocycles. The number of likely N-dealkylation sites (tertiary alicyclic amines) is 1. The zero-order valence-corrected chi connectivity index (χ0v) is 21.8. The van der Waals surface area contributed by atoms with Crippen LogP contribution in [-0.4, -0.2) is 35.5 Å². The lowest BCUT2D eigenvalue weighted by atomic mass is 9.67. The minimum absolute atomic E-state index is 0.185. The van der Waals surface area contributed by atoms with E-state index in [-0.39, 0.29) is 17.4 Å². The van der Waals surface area contributed by atoms with Gasteiger partial charge in [0.15, 0.2) is 5.96 Å². The first kappa shape index (κ1) is 24.6. The zero-order valence-electron chi connectivity index (χ0n) is 21.8. The summed E-state index contributed by atoms with van der Waals surface area (Å²) < 4.78 is 0. The predicted octanol–water partition coefficient (Wildman–Crippen LogP) is 5.41. The lowest BCUT2D eigenvalue weighted by molar-refractivity contribution is 0.0186. The Kier molecular flexibility index (Phi) is 7.43. The van der Waals surface area contributed by atoms with Crippen molar-refractivity contribution in [2.24, 2.45) is 34.2 Å². The summed E-state index contributed by atoms with van der Waals surface area (Å²) in [6.07, 6.45) is 11.1. The maximum atomic E-state index is 5.79. The van der Waals surface area contributed by atoms with Crippen molar-refractivity contribution in [3.05, 3.63) is 34.9 Å². The van der Waals surface area contributed by atoms with E-state index in [1.54, 1.807) is 16.7 Å². The summed E-state index contributed by atoms with van der Waals surface area (Å²) in [6.45, 7) is 13.5. The number of nitrogens with two attached hydrogens (primary N) is 2. The molecule has 6 atom stereocenters. The van der Waals surface area contributed by atoms with Crippen molar-refractivity contribution in [2.45, 2.75) is 116 Å². The molecule has 0 bridgehead atoms. The third kappa shape index (κ3) is 5.58. The van der Waals surface area contributed by atoms with Crippen LogP contribution < -0.4 is 11.5 Å². The molecule has 1 aromatic rings. The third-order valence-corrected chi connectivity index (χ3v) is 9.11. The summed E-state index contributed by atoms with van der Waals surface area (Å²) in [7, 11) is 0. The maximum Gasteiger partial charge on any atom is 0.186 e. The van der Waals surface area contributed by atoms with E-state index >= 15 is 0 Å². The highest BCUT2D eigenvalue weighted by Crippen LogP contribution is 2.43. The molecule has 4 unspecified atom stereocenters. The first-order valence-electron chi connectivity index (χ1n) is 13.6. The summed E-state index contributed by atoms with van der Waals surface area (Å²) >= 11 is 0. The van der Waals surface area contributed by atoms with Gasteiger partial charge >= 0.3 is 0 Å². The standard InChI is InChI=1S/C29H48N4/c1-19-9-12-25-22(16-19)7-6-8-26(25)29(4,5)18-23-10-11-24(32-28(30)31)17-27(23)33-14-13-20(2)15-21(33)3/h6-8,19-21,23-24,27H,9-18H2,1-5H3,(H4,30,31,32)/t19?,20-,21?,23-,24?,27?/m1/s1. The molecular weight excluding hydrogens is 404 g/mol. The second-order valence-electron chi connectivity index (χ2n) is 12.4. The summed E-state index contributed by atoms with van der Waals surface area (Å²) in [5, 5.41) is 0. The van der Waals surface area contributed by atoms with Crippen LogP contribution in [0.5, 0.6) is 0 Å². The summed E-state index contributed by atoms with van der Waals surface area (Å²) in [4.78, 5) is 7.45. The predicted molar refractivity (Wildman–Crippen MR) is 141 cm³/mol. The van der Waals surface area contributed by atoms with Crippen molar-refractivity contribution in [1.82, 2.24) is 4.90 Å². The second kappa shape index (κ2) is 9.98. The molecule has 1 saturated heterocycles. The molecule has 4 rings (SSSR count). The van der Waals surface area contributed by atoms with Gasteiger partial charge in [-0.1, -0.05) is 45.9 Å². The Bertz CT molecular complexity index is 840. The lowest BCUT2D eigenvalue weighted by Gasteiger charge is -2.49. The molecule has 1 aliphatic heterocycles. The average molecular weight is 453 g/mol. The molecule has 2 fully saturated rings. The minimum Gasteiger partial charge on any atom is -0.370 e. The molecular formula is C29H48N4. The number of rotatable bonds is 5. The van der Waals surface area contributed by atoms with Crippen LogP contribution in [0.3, 0.4) is 0 Å². The molecule has 4 heteroatoms. The van der Waals surface area contributed by atoms with E-state index in [1.807, 2.05) is 0 Å². The lowest BCUT2D eigenvalue weighted by Crippen LogP contribution is -2.53. The van der Waals surface area contributed by atoms with E-state index in [0.717, 1.165) is 24.7 Å². The molecule has 1 heterocycles. The zero-order chi connectivity index (χ0) is 23.8. The fraction of sp³-hybridized carbons (Fsp3) is 0.759. The SMILES string of the molecule is CC1CCc2c(cccc2C(C)(C)C[C@H]2CCC(N=C(N)N)CC2N2CC[C@@H](C)CC2C)C1. The van der Waals surface area contributed by atoms with Gasteiger partial charge in [-0.25, -0.2) is 0 Å². The van der Waals surface area contributed by atoms with E-state index in [4.69, 9.17) is 11.5 Å². The Morgan fingerprint density at radius 1 is 1.03 bits per heavy atom. The Balaban J connectivity index is 1.58. The van der Waals surface area contributed by atoms with Gasteiger partial charge in [0.05, 0.1) is 6.04 Å². The summed E-state index contributed by atoms with van der Waals surface area (Å²) in [5.74, 6) is 2.60. The molecule has 4 nitrogen and oxygen atoms in total. The molecule has 0 amide bonds. The maximum absolute atomic E-state index is 5.79. The van der Waals surface area contributed by atoms with Crippen molar-refractivity contribution in [3.8, 4) is 0 Å². The molecule has 0 aromatic heterocycles. The van der Waals surface area contributed by atoms with Crippen LogP contribution in [0.2, 0.25) is 0 Å². The fourth-order valence-electron chi connectivity index (χ4n) is 7.47. The second-order valence-corrected chi connectivity index (χ2v) is 12.4. The number of guanidine groups is 1. The fourth-order valence-corrected chi connectivity index (χ4v) is 7.47. The number of aliphatic imine (C=N–C) groups is 1. The smallest absolute Gasteiger partial charge is 0.186 e. The molecule has 3 aliphatic rings. The van der Waals surface area contributed by atoms with Gasteiger partial charge in [-0.3, -0.25) is 9.89 Å². The largest absolute Gasteiger partial charge is 0.370 e. The molecule has 0 spiro atoms. The summed E-state index contributed by atoms with van der Waals surface area (Å²) in [6, 6.07) is 8.62. The van der Waals surface area contributed by atoms with Crippen molar-refractivity contribution in [3.63, 3.8) is 0 Å². The molecule has 0 radical (unpaired) electrons. The van der Waals surface area contributed by atoms with E-state index in [9.17, 15) is 0 Å². The van der Waals surface area contributed by atoms with Crippen LogP contribution in [0.15, 0.2) is 23.2 Å². The van der Waals surface area contributed by atoms with E-state index in [2.05, 4.69) is 62.7 Å². The Morgan fingerprint density at radius 2 is 1.82 bits per heavy atom. The van der Waals surface area contributed by atoms with Crippen LogP contribution in [0.25, 0.3) is 0 Å². The molecule has 1 aromatic carbocycles. The van der Waals surface area contributed by atoms with Gasteiger partial charge in [0.25, 0.3) is 0 Å². The topological polar surface area (TPSA) is 67.6 Å². The minimum atomic E-state index is 0.185. The van der Waals surface area contributed by atoms with Crippen LogP contribution in [0.4, 0.5) is 0 Å². The van der Waals surface area contributed by atoms with Gasteiger partial charge in [0, 0.05) is 12.1 Å². The van der Waals surface area contributed by atoms with Crippen molar-refractivity contribution >= 4 is 5.96 Å². The highest BCUT2D eigenvalue weighted by atomic mass is 15.2. The first-order valence-corrected chi connectivity index (χ1v) is 13.6. The van der Waals surface area contributed by atoms with Crippen LogP contribution >= 0.6 is 0 Å². The highest BCUT2D eigenvalue weighted by molar-refractivity contribution is 5.75. The molecule has 1 saturated carbocycles. The van der Waals surface area contributed by atoms with Gasteiger partial charge in [0.2, 0.25) is 0 Å². The third-order valence-electron chi connectivity index (χ3n) is 9.11. The number of benzene rings is 1. The number of hydrogen-bond donors (Lipinski definition) is 2. The van der Waals surface area contributed by atoms with Gasteiger partial charge in [-0.05, 0) is 111 Å². The van der Waals surface area contributed by atoms with Crippen molar-refractivity contribution in [1.29, 1.82) is 0 Å². The van der Waals surface area contributed by atoms with Gasteiger partial charge < -0.3 is 11.5 Å². The van der Waals surface area contributed by atoms with Gasteiger partial charge in [-0.15, -0.1) is 0 Å². The van der Waals surface area contributed by atoms with Crippen LogP contribution in [0.1, 0.15) is 96.3 Å². The normalized spacial score (nSPS) is 33.4. The van der Waals surface area contributed by atoms with Gasteiger partial charge in [0.1, 0.15) is 0 Å². The van der Waals surface area contributed by atoms with E-state index in [0.29, 0.717) is 18.0 Å². The van der Waals surface area contributed by atoms with Gasteiger partial charge in [-0.2, -0.15) is 0 Å².